The van der Waals surface area contributed by atoms with Crippen LogP contribution in [-0.2, 0) is 11.3 Å². The molecule has 4 nitrogen and oxygen atoms in total. The summed E-state index contributed by atoms with van der Waals surface area (Å²) in [7, 11) is 1.65. The van der Waals surface area contributed by atoms with Crippen molar-refractivity contribution in [2.75, 3.05) is 7.05 Å². The van der Waals surface area contributed by atoms with E-state index in [1.165, 1.54) is 0 Å². The van der Waals surface area contributed by atoms with Crippen LogP contribution >= 0.6 is 11.3 Å². The van der Waals surface area contributed by atoms with Gasteiger partial charge in [-0.15, -0.1) is 11.3 Å². The normalized spacial score (nSPS) is 10.3. The standard InChI is InChI=1S/C11H13N3OS/c1-12-10(15)4-6-14-7-5-13-11(14)9-3-2-8-16-9/h2-3,5,7-8H,4,6H2,1H3,(H,12,15). The molecular formula is C11H13N3OS. The number of hydrogen-bond donors (Lipinski definition) is 1. The highest BCUT2D eigenvalue weighted by molar-refractivity contribution is 7.13. The minimum Gasteiger partial charge on any atom is -0.359 e. The highest BCUT2D eigenvalue weighted by atomic mass is 32.1. The Kier molecular flexibility index (Phi) is 3.36. The number of rotatable bonds is 4. The lowest BCUT2D eigenvalue weighted by molar-refractivity contribution is -0.120. The van der Waals surface area contributed by atoms with E-state index in [0.29, 0.717) is 13.0 Å². The van der Waals surface area contributed by atoms with Crippen LogP contribution in [0.1, 0.15) is 6.42 Å². The molecule has 0 radical (unpaired) electrons. The van der Waals surface area contributed by atoms with Crippen LogP contribution in [0.3, 0.4) is 0 Å². The van der Waals surface area contributed by atoms with Gasteiger partial charge in [-0.2, -0.15) is 0 Å². The van der Waals surface area contributed by atoms with Gasteiger partial charge in [-0.1, -0.05) is 6.07 Å². The zero-order valence-electron chi connectivity index (χ0n) is 9.01. The van der Waals surface area contributed by atoms with E-state index in [1.54, 1.807) is 24.6 Å². The van der Waals surface area contributed by atoms with E-state index < -0.39 is 0 Å². The summed E-state index contributed by atoms with van der Waals surface area (Å²) in [6.07, 6.45) is 4.14. The van der Waals surface area contributed by atoms with Crippen molar-refractivity contribution in [2.24, 2.45) is 0 Å². The van der Waals surface area contributed by atoms with E-state index in [9.17, 15) is 4.79 Å². The molecule has 0 unspecified atom stereocenters. The Morgan fingerprint density at radius 3 is 3.19 bits per heavy atom. The predicted octanol–water partition coefficient (Wildman–Crippen LogP) is 1.75. The molecule has 1 N–H and O–H groups in total. The van der Waals surface area contributed by atoms with E-state index >= 15 is 0 Å². The lowest BCUT2D eigenvalue weighted by Gasteiger charge is -2.05. The van der Waals surface area contributed by atoms with Crippen molar-refractivity contribution >= 4 is 17.2 Å². The Balaban J connectivity index is 2.11. The van der Waals surface area contributed by atoms with Crippen molar-refractivity contribution in [1.82, 2.24) is 14.9 Å². The minimum absolute atomic E-state index is 0.0471. The molecule has 16 heavy (non-hydrogen) atoms. The van der Waals surface area contributed by atoms with Crippen LogP contribution < -0.4 is 5.32 Å². The van der Waals surface area contributed by atoms with Crippen LogP contribution in [0.15, 0.2) is 29.9 Å². The first kappa shape index (κ1) is 10.9. The second-order valence-electron chi connectivity index (χ2n) is 3.34. The first-order valence-electron chi connectivity index (χ1n) is 5.07. The molecule has 0 bridgehead atoms. The quantitative estimate of drug-likeness (QED) is 0.877. The Morgan fingerprint density at radius 1 is 1.62 bits per heavy atom. The predicted molar refractivity (Wildman–Crippen MR) is 64.2 cm³/mol. The van der Waals surface area contributed by atoms with Gasteiger partial charge in [0.15, 0.2) is 0 Å². The number of thiophene rings is 1. The molecule has 2 heterocycles. The van der Waals surface area contributed by atoms with Gasteiger partial charge in [0.25, 0.3) is 0 Å². The first-order chi connectivity index (χ1) is 7.81. The number of carbonyl (C=O) groups is 1. The van der Waals surface area contributed by atoms with E-state index in [1.807, 2.05) is 28.3 Å². The van der Waals surface area contributed by atoms with Crippen molar-refractivity contribution in [3.63, 3.8) is 0 Å². The maximum atomic E-state index is 11.2. The minimum atomic E-state index is 0.0471. The number of amides is 1. The van der Waals surface area contributed by atoms with Crippen molar-refractivity contribution in [3.8, 4) is 10.7 Å². The van der Waals surface area contributed by atoms with Crippen molar-refractivity contribution in [1.29, 1.82) is 0 Å². The molecule has 0 aliphatic heterocycles. The molecule has 84 valence electrons. The summed E-state index contributed by atoms with van der Waals surface area (Å²) < 4.78 is 2.00. The van der Waals surface area contributed by atoms with Gasteiger partial charge in [-0.3, -0.25) is 4.79 Å². The second kappa shape index (κ2) is 4.94. The third-order valence-corrected chi connectivity index (χ3v) is 3.18. The number of imidazole rings is 1. The lowest BCUT2D eigenvalue weighted by Crippen LogP contribution is -2.19. The van der Waals surface area contributed by atoms with Crippen LogP contribution in [0.2, 0.25) is 0 Å². The molecule has 2 aromatic heterocycles. The Morgan fingerprint density at radius 2 is 2.50 bits per heavy atom. The molecule has 0 fully saturated rings. The summed E-state index contributed by atoms with van der Waals surface area (Å²) in [4.78, 5) is 16.6. The van der Waals surface area contributed by atoms with Gasteiger partial charge in [0.1, 0.15) is 5.82 Å². The monoisotopic (exact) mass is 235 g/mol. The third kappa shape index (κ3) is 2.30. The summed E-state index contributed by atoms with van der Waals surface area (Å²) in [5.74, 6) is 0.977. The summed E-state index contributed by atoms with van der Waals surface area (Å²) in [6.45, 7) is 0.660. The summed E-state index contributed by atoms with van der Waals surface area (Å²) >= 11 is 1.65. The molecule has 0 aliphatic carbocycles. The molecule has 2 aromatic rings. The van der Waals surface area contributed by atoms with Gasteiger partial charge in [0.05, 0.1) is 4.88 Å². The molecule has 1 amide bonds. The SMILES string of the molecule is CNC(=O)CCn1ccnc1-c1cccs1. The largest absolute Gasteiger partial charge is 0.359 e. The smallest absolute Gasteiger partial charge is 0.221 e. The zero-order valence-corrected chi connectivity index (χ0v) is 9.83. The molecule has 0 atom stereocenters. The molecule has 5 heteroatoms. The molecule has 0 saturated carbocycles. The van der Waals surface area contributed by atoms with Crippen molar-refractivity contribution in [3.05, 3.63) is 29.9 Å². The maximum absolute atomic E-state index is 11.2. The van der Waals surface area contributed by atoms with Gasteiger partial charge in [0, 0.05) is 32.4 Å². The number of carbonyl (C=O) groups excluding carboxylic acids is 1. The van der Waals surface area contributed by atoms with Crippen LogP contribution in [-0.4, -0.2) is 22.5 Å². The highest BCUT2D eigenvalue weighted by Crippen LogP contribution is 2.22. The fourth-order valence-corrected chi connectivity index (χ4v) is 2.20. The second-order valence-corrected chi connectivity index (χ2v) is 4.29. The van der Waals surface area contributed by atoms with E-state index in [4.69, 9.17) is 0 Å². The van der Waals surface area contributed by atoms with Gasteiger partial charge in [-0.05, 0) is 11.4 Å². The number of aromatic nitrogens is 2. The number of hydrogen-bond acceptors (Lipinski definition) is 3. The van der Waals surface area contributed by atoms with Crippen LogP contribution in [0.25, 0.3) is 10.7 Å². The maximum Gasteiger partial charge on any atom is 0.221 e. The van der Waals surface area contributed by atoms with Gasteiger partial charge in [-0.25, -0.2) is 4.98 Å². The van der Waals surface area contributed by atoms with Crippen molar-refractivity contribution < 1.29 is 4.79 Å². The molecular weight excluding hydrogens is 222 g/mol. The van der Waals surface area contributed by atoms with Gasteiger partial charge >= 0.3 is 0 Å². The highest BCUT2D eigenvalue weighted by Gasteiger charge is 2.07. The Labute approximate surface area is 97.9 Å². The summed E-state index contributed by atoms with van der Waals surface area (Å²) in [5, 5.41) is 4.63. The number of nitrogens with zero attached hydrogens (tertiary/aromatic N) is 2. The van der Waals surface area contributed by atoms with E-state index in [2.05, 4.69) is 10.3 Å². The Hall–Kier alpha value is -1.62. The average Bonchev–Trinajstić information content (AvgIpc) is 2.95. The molecule has 0 saturated heterocycles. The molecule has 2 rings (SSSR count). The number of aryl methyl sites for hydroxylation is 1. The van der Waals surface area contributed by atoms with Crippen LogP contribution in [0, 0.1) is 0 Å². The topological polar surface area (TPSA) is 46.9 Å². The number of nitrogens with one attached hydrogen (secondary N) is 1. The summed E-state index contributed by atoms with van der Waals surface area (Å²) in [6, 6.07) is 4.03. The molecule has 0 aliphatic rings. The fraction of sp³-hybridized carbons (Fsp3) is 0.273. The van der Waals surface area contributed by atoms with Crippen LogP contribution in [0.5, 0.6) is 0 Å². The zero-order chi connectivity index (χ0) is 11.4. The first-order valence-corrected chi connectivity index (χ1v) is 5.95. The van der Waals surface area contributed by atoms with Gasteiger partial charge < -0.3 is 9.88 Å². The molecule has 0 spiro atoms. The average molecular weight is 235 g/mol. The van der Waals surface area contributed by atoms with Crippen molar-refractivity contribution in [2.45, 2.75) is 13.0 Å². The third-order valence-electron chi connectivity index (χ3n) is 2.32. The lowest BCUT2D eigenvalue weighted by atomic mass is 10.3. The van der Waals surface area contributed by atoms with E-state index in [-0.39, 0.29) is 5.91 Å². The van der Waals surface area contributed by atoms with Gasteiger partial charge in [0.2, 0.25) is 5.91 Å². The molecule has 0 aromatic carbocycles. The van der Waals surface area contributed by atoms with E-state index in [0.717, 1.165) is 10.7 Å². The summed E-state index contributed by atoms with van der Waals surface area (Å²) in [5.41, 5.74) is 0. The Bertz CT molecular complexity index is 461. The fourth-order valence-electron chi connectivity index (χ4n) is 1.47. The van der Waals surface area contributed by atoms with Crippen LogP contribution in [0.4, 0.5) is 0 Å².